The van der Waals surface area contributed by atoms with Crippen LogP contribution < -0.4 is 0 Å². The van der Waals surface area contributed by atoms with Crippen LogP contribution in [-0.4, -0.2) is 27.9 Å². The van der Waals surface area contributed by atoms with Crippen LogP contribution in [0.4, 0.5) is 0 Å². The zero-order valence-electron chi connectivity index (χ0n) is 9.30. The first-order valence-electron chi connectivity index (χ1n) is 4.93. The van der Waals surface area contributed by atoms with Gasteiger partial charge in [-0.2, -0.15) is 0 Å². The van der Waals surface area contributed by atoms with Crippen molar-refractivity contribution in [1.29, 1.82) is 5.41 Å². The van der Waals surface area contributed by atoms with Gasteiger partial charge in [-0.15, -0.1) is 0 Å². The first-order chi connectivity index (χ1) is 6.48. The van der Waals surface area contributed by atoms with Crippen LogP contribution in [0.1, 0.15) is 40.0 Å². The Balaban J connectivity index is 3.39. The first kappa shape index (κ1) is 14.3. The summed E-state index contributed by atoms with van der Waals surface area (Å²) < 4.78 is 0.166. The average molecular weight is 235 g/mol. The smallest absolute Gasteiger partial charge is 0.0444 e. The highest BCUT2D eigenvalue weighted by atomic mass is 33.1. The Labute approximate surface area is 95.1 Å². The van der Waals surface area contributed by atoms with Crippen molar-refractivity contribution in [2.24, 2.45) is 0 Å². The van der Waals surface area contributed by atoms with Crippen LogP contribution in [0.15, 0.2) is 0 Å². The largest absolute Gasteiger partial charge is 0.396 e. The minimum atomic E-state index is 0.166. The van der Waals surface area contributed by atoms with Gasteiger partial charge in [0, 0.05) is 22.8 Å². The van der Waals surface area contributed by atoms with Gasteiger partial charge < -0.3 is 10.5 Å². The standard InChI is InChI=1S/C10H21NOS2/c1-9(11)5-4-8-13-14-10(2,3)6-7-12/h11-12H,4-8H2,1-3H3. The van der Waals surface area contributed by atoms with E-state index in [9.17, 15) is 0 Å². The fraction of sp³-hybridized carbons (Fsp3) is 0.900. The van der Waals surface area contributed by atoms with Crippen molar-refractivity contribution in [3.63, 3.8) is 0 Å². The van der Waals surface area contributed by atoms with Gasteiger partial charge in [-0.3, -0.25) is 0 Å². The molecule has 2 nitrogen and oxygen atoms in total. The topological polar surface area (TPSA) is 44.1 Å². The van der Waals surface area contributed by atoms with E-state index in [-0.39, 0.29) is 11.4 Å². The lowest BCUT2D eigenvalue weighted by Gasteiger charge is -2.21. The molecule has 0 aliphatic carbocycles. The summed E-state index contributed by atoms with van der Waals surface area (Å²) in [4.78, 5) is 0. The summed E-state index contributed by atoms with van der Waals surface area (Å²) in [5.74, 6) is 1.09. The molecule has 0 fully saturated rings. The third-order valence-corrected chi connectivity index (χ3v) is 5.21. The SMILES string of the molecule is CC(=N)CCCSSC(C)(C)CCO. The Morgan fingerprint density at radius 3 is 2.57 bits per heavy atom. The Bertz CT molecular complexity index is 172. The van der Waals surface area contributed by atoms with Gasteiger partial charge in [-0.05, 0) is 40.0 Å². The summed E-state index contributed by atoms with van der Waals surface area (Å²) in [6, 6.07) is 0. The van der Waals surface area contributed by atoms with Gasteiger partial charge in [-0.1, -0.05) is 21.6 Å². The van der Waals surface area contributed by atoms with Gasteiger partial charge in [0.25, 0.3) is 0 Å². The fourth-order valence-electron chi connectivity index (χ4n) is 0.908. The molecule has 0 bridgehead atoms. The van der Waals surface area contributed by atoms with Gasteiger partial charge >= 0.3 is 0 Å². The molecule has 0 heterocycles. The van der Waals surface area contributed by atoms with Crippen LogP contribution in [-0.2, 0) is 0 Å². The predicted molar refractivity (Wildman–Crippen MR) is 68.5 cm³/mol. The monoisotopic (exact) mass is 235 g/mol. The minimum absolute atomic E-state index is 0.166. The Morgan fingerprint density at radius 2 is 2.07 bits per heavy atom. The second-order valence-electron chi connectivity index (χ2n) is 4.02. The molecule has 0 saturated carbocycles. The van der Waals surface area contributed by atoms with Gasteiger partial charge in [0.2, 0.25) is 0 Å². The van der Waals surface area contributed by atoms with E-state index < -0.39 is 0 Å². The van der Waals surface area contributed by atoms with Gasteiger partial charge in [-0.25, -0.2) is 0 Å². The molecule has 0 saturated heterocycles. The van der Waals surface area contributed by atoms with E-state index in [1.807, 2.05) is 28.5 Å². The van der Waals surface area contributed by atoms with Gasteiger partial charge in [0.1, 0.15) is 0 Å². The van der Waals surface area contributed by atoms with Gasteiger partial charge in [0.15, 0.2) is 0 Å². The highest BCUT2D eigenvalue weighted by Crippen LogP contribution is 2.38. The van der Waals surface area contributed by atoms with Crippen LogP contribution in [0.2, 0.25) is 0 Å². The van der Waals surface area contributed by atoms with E-state index in [1.54, 1.807) is 0 Å². The maximum absolute atomic E-state index is 8.83. The summed E-state index contributed by atoms with van der Waals surface area (Å²) in [5, 5.41) is 16.1. The van der Waals surface area contributed by atoms with Crippen LogP contribution in [0.25, 0.3) is 0 Å². The molecule has 14 heavy (non-hydrogen) atoms. The Kier molecular flexibility index (Phi) is 7.78. The van der Waals surface area contributed by atoms with Crippen molar-refractivity contribution in [2.75, 3.05) is 12.4 Å². The van der Waals surface area contributed by atoms with E-state index in [4.69, 9.17) is 10.5 Å². The molecular weight excluding hydrogens is 214 g/mol. The molecule has 0 spiro atoms. The Hall–Kier alpha value is 0.330. The Morgan fingerprint density at radius 1 is 1.43 bits per heavy atom. The summed E-state index contributed by atoms with van der Waals surface area (Å²) in [5.41, 5.74) is 0.769. The summed E-state index contributed by atoms with van der Waals surface area (Å²) in [7, 11) is 3.69. The van der Waals surface area contributed by atoms with E-state index >= 15 is 0 Å². The molecule has 0 aromatic rings. The number of aliphatic hydroxyl groups is 1. The van der Waals surface area contributed by atoms with Crippen LogP contribution >= 0.6 is 21.6 Å². The molecular formula is C10H21NOS2. The average Bonchev–Trinajstić information content (AvgIpc) is 2.02. The molecule has 0 aliphatic rings. The number of hydrogen-bond acceptors (Lipinski definition) is 4. The lowest BCUT2D eigenvalue weighted by Crippen LogP contribution is -2.14. The van der Waals surface area contributed by atoms with Gasteiger partial charge in [0.05, 0.1) is 0 Å². The quantitative estimate of drug-likeness (QED) is 0.385. The molecule has 0 unspecified atom stereocenters. The highest BCUT2D eigenvalue weighted by molar-refractivity contribution is 8.77. The van der Waals surface area contributed by atoms with Crippen molar-refractivity contribution in [2.45, 2.75) is 44.8 Å². The van der Waals surface area contributed by atoms with Crippen LogP contribution in [0, 0.1) is 5.41 Å². The molecule has 2 N–H and O–H groups in total. The van der Waals surface area contributed by atoms with E-state index in [0.717, 1.165) is 30.7 Å². The number of hydrogen-bond donors (Lipinski definition) is 2. The van der Waals surface area contributed by atoms with E-state index in [0.29, 0.717) is 0 Å². The number of rotatable bonds is 8. The lowest BCUT2D eigenvalue weighted by molar-refractivity contribution is 0.275. The lowest BCUT2D eigenvalue weighted by atomic mass is 10.1. The molecule has 0 aromatic carbocycles. The second-order valence-corrected chi connectivity index (χ2v) is 7.15. The predicted octanol–water partition coefficient (Wildman–Crippen LogP) is 3.35. The van der Waals surface area contributed by atoms with Crippen molar-refractivity contribution < 1.29 is 5.11 Å². The summed E-state index contributed by atoms with van der Waals surface area (Å²) in [6.07, 6.45) is 2.84. The normalized spacial score (nSPS) is 11.7. The third kappa shape index (κ3) is 8.91. The molecule has 0 atom stereocenters. The molecule has 84 valence electrons. The molecule has 0 aliphatic heterocycles. The van der Waals surface area contributed by atoms with E-state index in [1.165, 1.54) is 0 Å². The first-order valence-corrected chi connectivity index (χ1v) is 7.25. The molecule has 0 aromatic heterocycles. The third-order valence-electron chi connectivity index (χ3n) is 1.78. The number of aliphatic hydroxyl groups excluding tert-OH is 1. The second kappa shape index (κ2) is 7.60. The zero-order chi connectivity index (χ0) is 11.0. The zero-order valence-corrected chi connectivity index (χ0v) is 10.9. The molecule has 4 heteroatoms. The maximum atomic E-state index is 8.83. The van der Waals surface area contributed by atoms with Crippen LogP contribution in [0.3, 0.4) is 0 Å². The minimum Gasteiger partial charge on any atom is -0.396 e. The molecule has 0 amide bonds. The fourth-order valence-corrected chi connectivity index (χ4v) is 3.56. The molecule has 0 rings (SSSR count). The summed E-state index contributed by atoms with van der Waals surface area (Å²) in [6.45, 7) is 6.43. The van der Waals surface area contributed by atoms with E-state index in [2.05, 4.69) is 13.8 Å². The molecule has 0 radical (unpaired) electrons. The number of nitrogens with one attached hydrogen (secondary N) is 1. The van der Waals surface area contributed by atoms with Crippen molar-refractivity contribution in [3.05, 3.63) is 0 Å². The van der Waals surface area contributed by atoms with Crippen LogP contribution in [0.5, 0.6) is 0 Å². The van der Waals surface area contributed by atoms with Crippen molar-refractivity contribution in [1.82, 2.24) is 0 Å². The maximum Gasteiger partial charge on any atom is 0.0444 e. The van der Waals surface area contributed by atoms with Crippen molar-refractivity contribution >= 4 is 27.3 Å². The van der Waals surface area contributed by atoms with Crippen molar-refractivity contribution in [3.8, 4) is 0 Å². The highest BCUT2D eigenvalue weighted by Gasteiger charge is 2.17. The summed E-state index contributed by atoms with van der Waals surface area (Å²) >= 11 is 0.